The van der Waals surface area contributed by atoms with Gasteiger partial charge in [-0.05, 0) is 49.2 Å². The molecule has 0 aliphatic rings. The summed E-state index contributed by atoms with van der Waals surface area (Å²) in [4.78, 5) is 27.0. The Balaban J connectivity index is 2.44. The molecule has 2 amide bonds. The molecule has 0 fully saturated rings. The van der Waals surface area contributed by atoms with Gasteiger partial charge < -0.3 is 15.0 Å². The third kappa shape index (κ3) is 6.14. The van der Waals surface area contributed by atoms with Crippen molar-refractivity contribution in [2.45, 2.75) is 26.4 Å². The lowest BCUT2D eigenvalue weighted by molar-refractivity contribution is -0.139. The maximum atomic E-state index is 13.4. The smallest absolute Gasteiger partial charge is 0.244 e. The fourth-order valence-corrected chi connectivity index (χ4v) is 4.29. The molecular formula is C22H28ClN3O5S. The van der Waals surface area contributed by atoms with Gasteiger partial charge in [0.1, 0.15) is 18.3 Å². The second-order valence-electron chi connectivity index (χ2n) is 7.32. The van der Waals surface area contributed by atoms with Gasteiger partial charge in [-0.25, -0.2) is 8.42 Å². The van der Waals surface area contributed by atoms with Gasteiger partial charge >= 0.3 is 0 Å². The minimum Gasteiger partial charge on any atom is -0.497 e. The standard InChI is InChI=1S/C22H28ClN3O5S/c1-15-19(23)10-7-11-20(15)26(32(5,29)30)14-21(27)25(16(2)22(28)24-3)13-17-8-6-9-18(12-17)31-4/h6-12,16H,13-14H2,1-5H3,(H,24,28). The lowest BCUT2D eigenvalue weighted by Gasteiger charge is -2.31. The Hall–Kier alpha value is -2.78. The average Bonchev–Trinajstić information content (AvgIpc) is 2.76. The number of amides is 2. The number of hydrogen-bond donors (Lipinski definition) is 1. The summed E-state index contributed by atoms with van der Waals surface area (Å²) in [6.07, 6.45) is 1.02. The zero-order valence-electron chi connectivity index (χ0n) is 18.8. The largest absolute Gasteiger partial charge is 0.497 e. The van der Waals surface area contributed by atoms with E-state index >= 15 is 0 Å². The lowest BCUT2D eigenvalue weighted by atomic mass is 10.1. The normalized spacial score (nSPS) is 12.1. The number of benzene rings is 2. The third-order valence-electron chi connectivity index (χ3n) is 5.09. The number of carbonyl (C=O) groups excluding carboxylic acids is 2. The van der Waals surface area contributed by atoms with Crippen LogP contribution in [0, 0.1) is 6.92 Å². The topological polar surface area (TPSA) is 96.0 Å². The molecule has 0 aromatic heterocycles. The molecule has 2 aromatic rings. The van der Waals surface area contributed by atoms with Gasteiger partial charge in [-0.2, -0.15) is 0 Å². The fraction of sp³-hybridized carbons (Fsp3) is 0.364. The molecule has 0 aliphatic heterocycles. The third-order valence-corrected chi connectivity index (χ3v) is 6.62. The van der Waals surface area contributed by atoms with Crippen molar-refractivity contribution in [1.82, 2.24) is 10.2 Å². The molecule has 0 saturated carbocycles. The van der Waals surface area contributed by atoms with Crippen LogP contribution in [0.2, 0.25) is 5.02 Å². The van der Waals surface area contributed by atoms with Gasteiger partial charge in [-0.1, -0.05) is 29.8 Å². The van der Waals surface area contributed by atoms with E-state index in [-0.39, 0.29) is 12.5 Å². The molecule has 2 rings (SSSR count). The van der Waals surface area contributed by atoms with E-state index in [2.05, 4.69) is 5.32 Å². The highest BCUT2D eigenvalue weighted by Gasteiger charge is 2.30. The van der Waals surface area contributed by atoms with Crippen molar-refractivity contribution in [3.05, 3.63) is 58.6 Å². The van der Waals surface area contributed by atoms with E-state index < -0.39 is 28.5 Å². The Labute approximate surface area is 194 Å². The van der Waals surface area contributed by atoms with E-state index in [0.29, 0.717) is 22.0 Å². The monoisotopic (exact) mass is 481 g/mol. The minimum atomic E-state index is -3.81. The summed E-state index contributed by atoms with van der Waals surface area (Å²) in [5.74, 6) is -0.297. The number of methoxy groups -OCH3 is 1. The second kappa shape index (κ2) is 10.7. The molecule has 0 aliphatic carbocycles. The van der Waals surface area contributed by atoms with Crippen LogP contribution in [0.25, 0.3) is 0 Å². The summed E-state index contributed by atoms with van der Waals surface area (Å²) in [5, 5.41) is 2.92. The number of rotatable bonds is 9. The number of nitrogens with zero attached hydrogens (tertiary/aromatic N) is 2. The van der Waals surface area contributed by atoms with E-state index in [1.54, 1.807) is 56.3 Å². The zero-order chi connectivity index (χ0) is 24.1. The predicted molar refractivity (Wildman–Crippen MR) is 125 cm³/mol. The molecule has 1 N–H and O–H groups in total. The molecule has 0 heterocycles. The number of carbonyl (C=O) groups is 2. The van der Waals surface area contributed by atoms with Gasteiger partial charge in [-0.3, -0.25) is 13.9 Å². The quantitative estimate of drug-likeness (QED) is 0.594. The van der Waals surface area contributed by atoms with Crippen LogP contribution in [0.1, 0.15) is 18.1 Å². The van der Waals surface area contributed by atoms with Crippen LogP contribution in [0.4, 0.5) is 5.69 Å². The molecule has 1 unspecified atom stereocenters. The molecule has 8 nitrogen and oxygen atoms in total. The number of halogens is 1. The zero-order valence-corrected chi connectivity index (χ0v) is 20.3. The van der Waals surface area contributed by atoms with Crippen molar-refractivity contribution in [1.29, 1.82) is 0 Å². The van der Waals surface area contributed by atoms with Crippen molar-refractivity contribution in [3.8, 4) is 5.75 Å². The van der Waals surface area contributed by atoms with E-state index in [0.717, 1.165) is 16.1 Å². The maximum Gasteiger partial charge on any atom is 0.244 e. The SMILES string of the molecule is CNC(=O)C(C)N(Cc1cccc(OC)c1)C(=O)CN(c1cccc(Cl)c1C)S(C)(=O)=O. The Bertz CT molecular complexity index is 1090. The van der Waals surface area contributed by atoms with Crippen LogP contribution in [-0.2, 0) is 26.2 Å². The number of sulfonamides is 1. The van der Waals surface area contributed by atoms with E-state index in [1.165, 1.54) is 19.1 Å². The predicted octanol–water partition coefficient (Wildman–Crippen LogP) is 2.59. The Kier molecular flexibility index (Phi) is 8.51. The first kappa shape index (κ1) is 25.5. The van der Waals surface area contributed by atoms with Gasteiger partial charge in [0.25, 0.3) is 0 Å². The van der Waals surface area contributed by atoms with Gasteiger partial charge in [-0.15, -0.1) is 0 Å². The maximum absolute atomic E-state index is 13.4. The van der Waals surface area contributed by atoms with Crippen LogP contribution in [0.3, 0.4) is 0 Å². The highest BCUT2D eigenvalue weighted by atomic mass is 35.5. The van der Waals surface area contributed by atoms with Crippen molar-refractivity contribution < 1.29 is 22.7 Å². The summed E-state index contributed by atoms with van der Waals surface area (Å²) in [6, 6.07) is 11.1. The number of ether oxygens (including phenoxy) is 1. The Morgan fingerprint density at radius 1 is 1.19 bits per heavy atom. The minimum absolute atomic E-state index is 0.0940. The average molecular weight is 482 g/mol. The van der Waals surface area contributed by atoms with Gasteiger partial charge in [0, 0.05) is 18.6 Å². The summed E-state index contributed by atoms with van der Waals surface area (Å²) < 4.78 is 31.4. The van der Waals surface area contributed by atoms with Crippen LogP contribution in [0.5, 0.6) is 5.75 Å². The first-order valence-corrected chi connectivity index (χ1v) is 12.1. The van der Waals surface area contributed by atoms with Crippen molar-refractivity contribution in [2.75, 3.05) is 31.3 Å². The molecule has 0 spiro atoms. The summed E-state index contributed by atoms with van der Waals surface area (Å²) >= 11 is 6.17. The molecule has 0 saturated heterocycles. The van der Waals surface area contributed by atoms with E-state index in [1.807, 2.05) is 0 Å². The summed E-state index contributed by atoms with van der Waals surface area (Å²) in [6.45, 7) is 2.88. The van der Waals surface area contributed by atoms with Crippen molar-refractivity contribution in [3.63, 3.8) is 0 Å². The Morgan fingerprint density at radius 3 is 2.44 bits per heavy atom. The van der Waals surface area contributed by atoms with Crippen LogP contribution in [-0.4, -0.2) is 58.1 Å². The van der Waals surface area contributed by atoms with Gasteiger partial charge in [0.05, 0.1) is 19.1 Å². The fourth-order valence-electron chi connectivity index (χ4n) is 3.22. The first-order chi connectivity index (χ1) is 15.0. The van der Waals surface area contributed by atoms with Gasteiger partial charge in [0.2, 0.25) is 21.8 Å². The second-order valence-corrected chi connectivity index (χ2v) is 9.63. The van der Waals surface area contributed by atoms with Crippen molar-refractivity contribution in [2.24, 2.45) is 0 Å². The molecule has 1 atom stereocenters. The summed E-state index contributed by atoms with van der Waals surface area (Å²) in [5.41, 5.74) is 1.58. The highest BCUT2D eigenvalue weighted by molar-refractivity contribution is 7.92. The summed E-state index contributed by atoms with van der Waals surface area (Å²) in [7, 11) is -0.803. The van der Waals surface area contributed by atoms with Crippen LogP contribution >= 0.6 is 11.6 Å². The molecule has 32 heavy (non-hydrogen) atoms. The highest BCUT2D eigenvalue weighted by Crippen LogP contribution is 2.28. The Morgan fingerprint density at radius 2 is 1.84 bits per heavy atom. The van der Waals surface area contributed by atoms with E-state index in [4.69, 9.17) is 16.3 Å². The van der Waals surface area contributed by atoms with Crippen LogP contribution < -0.4 is 14.4 Å². The molecule has 174 valence electrons. The number of likely N-dealkylation sites (N-methyl/N-ethyl adjacent to an activating group) is 1. The molecule has 10 heteroatoms. The van der Waals surface area contributed by atoms with Gasteiger partial charge in [0.15, 0.2) is 0 Å². The number of nitrogens with one attached hydrogen (secondary N) is 1. The molecular weight excluding hydrogens is 454 g/mol. The van der Waals surface area contributed by atoms with Crippen LogP contribution in [0.15, 0.2) is 42.5 Å². The first-order valence-electron chi connectivity index (χ1n) is 9.86. The number of hydrogen-bond acceptors (Lipinski definition) is 5. The molecule has 0 bridgehead atoms. The molecule has 0 radical (unpaired) electrons. The van der Waals surface area contributed by atoms with E-state index in [9.17, 15) is 18.0 Å². The van der Waals surface area contributed by atoms with Crippen molar-refractivity contribution >= 4 is 39.1 Å². The lowest BCUT2D eigenvalue weighted by Crippen LogP contribution is -2.50. The number of anilines is 1. The molecule has 2 aromatic carbocycles.